The van der Waals surface area contributed by atoms with Gasteiger partial charge >= 0.3 is 0 Å². The highest BCUT2D eigenvalue weighted by Crippen LogP contribution is 2.24. The number of aliphatic imine (C=N–C) groups is 1. The molecule has 2 aromatic rings. The number of ether oxygens (including phenoxy) is 1. The number of aromatic nitrogens is 1. The molecule has 0 unspecified atom stereocenters. The highest BCUT2D eigenvalue weighted by atomic mass is 127. The van der Waals surface area contributed by atoms with Gasteiger partial charge in [0.15, 0.2) is 5.96 Å². The normalized spacial score (nSPS) is 14.8. The first-order chi connectivity index (χ1) is 11.7. The summed E-state index contributed by atoms with van der Waals surface area (Å²) in [6.07, 6.45) is 6.37. The molecule has 0 atom stereocenters. The third-order valence-electron chi connectivity index (χ3n) is 3.99. The van der Waals surface area contributed by atoms with Gasteiger partial charge < -0.3 is 15.8 Å². The molecule has 0 bridgehead atoms. The van der Waals surface area contributed by atoms with Crippen molar-refractivity contribution < 1.29 is 9.13 Å². The van der Waals surface area contributed by atoms with Gasteiger partial charge in [0.25, 0.3) is 0 Å². The molecular formula is C18H22FIN4O. The van der Waals surface area contributed by atoms with Crippen LogP contribution in [0.4, 0.5) is 4.39 Å². The van der Waals surface area contributed by atoms with Crippen molar-refractivity contribution in [2.45, 2.75) is 38.3 Å². The highest BCUT2D eigenvalue weighted by Gasteiger charge is 2.15. The van der Waals surface area contributed by atoms with Gasteiger partial charge in [-0.2, -0.15) is 0 Å². The van der Waals surface area contributed by atoms with Crippen molar-refractivity contribution in [3.05, 3.63) is 54.0 Å². The van der Waals surface area contributed by atoms with E-state index in [-0.39, 0.29) is 29.8 Å². The highest BCUT2D eigenvalue weighted by molar-refractivity contribution is 14.0. The monoisotopic (exact) mass is 456 g/mol. The first-order valence-corrected chi connectivity index (χ1v) is 8.14. The summed E-state index contributed by atoms with van der Waals surface area (Å²) in [5, 5.41) is 3.24. The minimum Gasteiger partial charge on any atom is -0.439 e. The molecule has 0 aliphatic heterocycles. The lowest BCUT2D eigenvalue weighted by Crippen LogP contribution is -2.38. The minimum absolute atomic E-state index is 0. The standard InChI is InChI=1S/C18H21FN4O.HI/c19-14-6-3-9-16(11-14)24-17-13(5-4-10-21-17)12-22-18(20)23-15-7-1-2-8-15;/h3-6,9-11,15H,1-2,7-8,12H2,(H3,20,22,23);1H. The SMILES string of the molecule is I.NC(=NCc1cccnc1Oc1cccc(F)c1)NC1CCCC1. The molecule has 1 aliphatic rings. The van der Waals surface area contributed by atoms with Gasteiger partial charge in [-0.05, 0) is 31.0 Å². The molecule has 25 heavy (non-hydrogen) atoms. The summed E-state index contributed by atoms with van der Waals surface area (Å²) in [6.45, 7) is 0.351. The molecule has 0 radical (unpaired) electrons. The molecule has 1 aliphatic carbocycles. The second-order valence-electron chi connectivity index (χ2n) is 5.85. The van der Waals surface area contributed by atoms with Gasteiger partial charge in [-0.3, -0.25) is 0 Å². The molecular weight excluding hydrogens is 434 g/mol. The molecule has 1 saturated carbocycles. The summed E-state index contributed by atoms with van der Waals surface area (Å²) in [7, 11) is 0. The van der Waals surface area contributed by atoms with Gasteiger partial charge in [0.05, 0.1) is 6.54 Å². The summed E-state index contributed by atoms with van der Waals surface area (Å²) in [5.74, 6) is 0.881. The van der Waals surface area contributed by atoms with E-state index < -0.39 is 0 Å². The second-order valence-corrected chi connectivity index (χ2v) is 5.85. The van der Waals surface area contributed by atoms with Crippen LogP contribution in [0.3, 0.4) is 0 Å². The molecule has 5 nitrogen and oxygen atoms in total. The molecule has 1 aromatic heterocycles. The van der Waals surface area contributed by atoms with Crippen molar-refractivity contribution in [2.24, 2.45) is 10.7 Å². The van der Waals surface area contributed by atoms with Crippen molar-refractivity contribution in [1.82, 2.24) is 10.3 Å². The topological polar surface area (TPSA) is 72.5 Å². The van der Waals surface area contributed by atoms with E-state index in [1.807, 2.05) is 12.1 Å². The Labute approximate surface area is 163 Å². The fourth-order valence-electron chi connectivity index (χ4n) is 2.77. The number of halogens is 2. The number of nitrogens with zero attached hydrogens (tertiary/aromatic N) is 2. The van der Waals surface area contributed by atoms with E-state index in [1.165, 1.54) is 25.0 Å². The Kier molecular flexibility index (Phi) is 7.42. The summed E-state index contributed by atoms with van der Waals surface area (Å²) in [5.41, 5.74) is 6.74. The molecule has 7 heteroatoms. The molecule has 0 saturated heterocycles. The molecule has 3 N–H and O–H groups in total. The van der Waals surface area contributed by atoms with Gasteiger partial charge in [-0.1, -0.05) is 25.0 Å². The summed E-state index contributed by atoms with van der Waals surface area (Å²) in [4.78, 5) is 8.58. The van der Waals surface area contributed by atoms with Gasteiger partial charge in [0, 0.05) is 23.9 Å². The average molecular weight is 456 g/mol. The van der Waals surface area contributed by atoms with Crippen molar-refractivity contribution in [3.63, 3.8) is 0 Å². The predicted molar refractivity (Wildman–Crippen MR) is 107 cm³/mol. The first-order valence-electron chi connectivity index (χ1n) is 8.14. The Balaban J connectivity index is 0.00000225. The van der Waals surface area contributed by atoms with Crippen LogP contribution < -0.4 is 15.8 Å². The zero-order chi connectivity index (χ0) is 16.8. The lowest BCUT2D eigenvalue weighted by Gasteiger charge is -2.13. The Morgan fingerprint density at radius 1 is 1.28 bits per heavy atom. The Hall–Kier alpha value is -1.90. The molecule has 0 amide bonds. The summed E-state index contributed by atoms with van der Waals surface area (Å²) in [6, 6.07) is 10.1. The molecule has 1 heterocycles. The lowest BCUT2D eigenvalue weighted by atomic mass is 10.2. The molecule has 134 valence electrons. The number of guanidine groups is 1. The van der Waals surface area contributed by atoms with Crippen molar-refractivity contribution in [2.75, 3.05) is 0 Å². The number of hydrogen-bond acceptors (Lipinski definition) is 3. The maximum absolute atomic E-state index is 13.3. The third-order valence-corrected chi connectivity index (χ3v) is 3.99. The van der Waals surface area contributed by atoms with Gasteiger partial charge in [0.2, 0.25) is 5.88 Å². The van der Waals surface area contributed by atoms with E-state index in [0.717, 1.165) is 18.4 Å². The van der Waals surface area contributed by atoms with Crippen LogP contribution in [0, 0.1) is 5.82 Å². The van der Waals surface area contributed by atoms with Crippen LogP contribution in [0.2, 0.25) is 0 Å². The maximum atomic E-state index is 13.3. The smallest absolute Gasteiger partial charge is 0.224 e. The van der Waals surface area contributed by atoms with E-state index in [2.05, 4.69) is 15.3 Å². The Morgan fingerprint density at radius 2 is 2.08 bits per heavy atom. The van der Waals surface area contributed by atoms with Crippen molar-refractivity contribution in [3.8, 4) is 11.6 Å². The molecule has 1 aromatic carbocycles. The van der Waals surface area contributed by atoms with E-state index in [0.29, 0.717) is 30.2 Å². The van der Waals surface area contributed by atoms with Crippen molar-refractivity contribution in [1.29, 1.82) is 0 Å². The van der Waals surface area contributed by atoms with Gasteiger partial charge in [-0.25, -0.2) is 14.4 Å². The molecule has 0 spiro atoms. The number of nitrogens with two attached hydrogens (primary N) is 1. The van der Waals surface area contributed by atoms with Gasteiger partial charge in [-0.15, -0.1) is 24.0 Å². The number of benzene rings is 1. The maximum Gasteiger partial charge on any atom is 0.224 e. The van der Waals surface area contributed by atoms with Crippen LogP contribution in [0.25, 0.3) is 0 Å². The Morgan fingerprint density at radius 3 is 2.84 bits per heavy atom. The van der Waals surface area contributed by atoms with E-state index in [9.17, 15) is 4.39 Å². The zero-order valence-corrected chi connectivity index (χ0v) is 16.2. The largest absolute Gasteiger partial charge is 0.439 e. The Bertz CT molecular complexity index is 720. The third kappa shape index (κ3) is 5.84. The number of pyridine rings is 1. The van der Waals surface area contributed by atoms with Crippen LogP contribution in [0.1, 0.15) is 31.2 Å². The predicted octanol–water partition coefficient (Wildman–Crippen LogP) is 3.98. The van der Waals surface area contributed by atoms with Crippen LogP contribution in [0.5, 0.6) is 11.6 Å². The van der Waals surface area contributed by atoms with Crippen LogP contribution >= 0.6 is 24.0 Å². The molecule has 1 fully saturated rings. The fourth-order valence-corrected chi connectivity index (χ4v) is 2.77. The number of hydrogen-bond donors (Lipinski definition) is 2. The van der Waals surface area contributed by atoms with E-state index >= 15 is 0 Å². The van der Waals surface area contributed by atoms with E-state index in [4.69, 9.17) is 10.5 Å². The lowest BCUT2D eigenvalue weighted by molar-refractivity contribution is 0.452. The van der Waals surface area contributed by atoms with Crippen LogP contribution in [-0.4, -0.2) is 17.0 Å². The molecule has 3 rings (SSSR count). The van der Waals surface area contributed by atoms with Crippen molar-refractivity contribution >= 4 is 29.9 Å². The van der Waals surface area contributed by atoms with Gasteiger partial charge in [0.1, 0.15) is 11.6 Å². The van der Waals surface area contributed by atoms with E-state index in [1.54, 1.807) is 18.3 Å². The quantitative estimate of drug-likeness (QED) is 0.406. The minimum atomic E-state index is -0.354. The fraction of sp³-hybridized carbons (Fsp3) is 0.333. The first kappa shape index (κ1) is 19.4. The van der Waals surface area contributed by atoms with Crippen LogP contribution in [-0.2, 0) is 6.54 Å². The second kappa shape index (κ2) is 9.55. The summed E-state index contributed by atoms with van der Waals surface area (Å²) >= 11 is 0. The summed E-state index contributed by atoms with van der Waals surface area (Å²) < 4.78 is 18.9. The van der Waals surface area contributed by atoms with Crippen LogP contribution in [0.15, 0.2) is 47.6 Å². The number of nitrogens with one attached hydrogen (secondary N) is 1. The number of rotatable bonds is 5. The zero-order valence-electron chi connectivity index (χ0n) is 13.8. The average Bonchev–Trinajstić information content (AvgIpc) is 3.07.